The molecule has 4 aromatic heterocycles. The van der Waals surface area contributed by atoms with Gasteiger partial charge in [-0.05, 0) is 6.07 Å². The molecule has 0 aromatic carbocycles. The lowest BCUT2D eigenvalue weighted by molar-refractivity contribution is 1.14. The summed E-state index contributed by atoms with van der Waals surface area (Å²) in [5.41, 5.74) is 3.49. The predicted octanol–water partition coefficient (Wildman–Crippen LogP) is 1.41. The molecular weight excluding hydrogens is 268 g/mol. The van der Waals surface area contributed by atoms with Gasteiger partial charge in [-0.15, -0.1) is 0 Å². The maximum Gasteiger partial charge on any atom is 0.228 e. The monoisotopic (exact) mass is 280 g/mol. The van der Waals surface area contributed by atoms with Gasteiger partial charge in [-0.2, -0.15) is 0 Å². The molecule has 4 heterocycles. The van der Waals surface area contributed by atoms with E-state index >= 15 is 0 Å². The third-order valence-electron chi connectivity index (χ3n) is 3.51. The van der Waals surface area contributed by atoms with Crippen molar-refractivity contribution in [2.45, 2.75) is 0 Å². The molecule has 7 heteroatoms. The van der Waals surface area contributed by atoms with Gasteiger partial charge in [-0.25, -0.2) is 9.97 Å². The van der Waals surface area contributed by atoms with E-state index in [0.29, 0.717) is 27.8 Å². The standard InChI is InChI=1S/C14H12N6O/c1-20(2)9-3-4-15-11-10(9)13-16-5-7(18-13)12(21)8-6-17-14(11)19-8/h3-6H,1-2H3,(H,16,18)(H,17,19). The first-order chi connectivity index (χ1) is 10.1. The summed E-state index contributed by atoms with van der Waals surface area (Å²) in [4.78, 5) is 33.4. The van der Waals surface area contributed by atoms with Gasteiger partial charge in [0.15, 0.2) is 5.65 Å². The Labute approximate surface area is 118 Å². The molecule has 0 aliphatic carbocycles. The molecule has 0 atom stereocenters. The quantitative estimate of drug-likeness (QED) is 0.550. The van der Waals surface area contributed by atoms with Gasteiger partial charge in [0.1, 0.15) is 22.2 Å². The fourth-order valence-electron chi connectivity index (χ4n) is 2.50. The number of nitrogens with zero attached hydrogens (tertiary/aromatic N) is 4. The SMILES string of the molecule is CN(C)c1ccnc2c3ncc([nH]3)c(=O)c3cnc([nH]3)c12. The minimum Gasteiger partial charge on any atom is -0.377 e. The van der Waals surface area contributed by atoms with Crippen LogP contribution < -0.4 is 10.3 Å². The topological polar surface area (TPSA) is 90.6 Å². The largest absolute Gasteiger partial charge is 0.377 e. The predicted molar refractivity (Wildman–Crippen MR) is 81.6 cm³/mol. The van der Waals surface area contributed by atoms with Crippen LogP contribution in [-0.2, 0) is 0 Å². The Balaban J connectivity index is 2.41. The Morgan fingerprint density at radius 2 is 1.67 bits per heavy atom. The van der Waals surface area contributed by atoms with Crippen LogP contribution in [0.1, 0.15) is 0 Å². The van der Waals surface area contributed by atoms with E-state index in [9.17, 15) is 4.79 Å². The van der Waals surface area contributed by atoms with E-state index in [1.807, 2.05) is 25.1 Å². The molecule has 0 saturated heterocycles. The second-order valence-electron chi connectivity index (χ2n) is 5.07. The molecule has 4 aromatic rings. The van der Waals surface area contributed by atoms with Crippen molar-refractivity contribution >= 4 is 38.9 Å². The van der Waals surface area contributed by atoms with Crippen LogP contribution in [0.25, 0.3) is 33.2 Å². The number of hydrogen-bond donors (Lipinski definition) is 2. The summed E-state index contributed by atoms with van der Waals surface area (Å²) in [5.74, 6) is 0. The number of aromatic nitrogens is 5. The van der Waals surface area contributed by atoms with E-state index in [-0.39, 0.29) is 5.43 Å². The zero-order valence-corrected chi connectivity index (χ0v) is 11.5. The van der Waals surface area contributed by atoms with Gasteiger partial charge >= 0.3 is 0 Å². The highest BCUT2D eigenvalue weighted by molar-refractivity contribution is 6.06. The molecule has 0 radical (unpaired) electrons. The minimum absolute atomic E-state index is 0.160. The highest BCUT2D eigenvalue weighted by atomic mass is 16.1. The van der Waals surface area contributed by atoms with Gasteiger partial charge in [0.2, 0.25) is 5.43 Å². The number of aromatic amines is 2. The summed E-state index contributed by atoms with van der Waals surface area (Å²) < 4.78 is 0. The van der Waals surface area contributed by atoms with Gasteiger partial charge < -0.3 is 14.9 Å². The second kappa shape index (κ2) is 4.02. The number of imidazole rings is 2. The number of hydrogen-bond acceptors (Lipinski definition) is 5. The zero-order valence-electron chi connectivity index (χ0n) is 11.5. The number of fused-ring (bicyclic) bond motifs is 7. The number of pyridine rings is 1. The number of anilines is 1. The Bertz CT molecular complexity index is 1050. The molecule has 0 aliphatic heterocycles. The first kappa shape index (κ1) is 11.8. The molecule has 104 valence electrons. The van der Waals surface area contributed by atoms with E-state index in [2.05, 4.69) is 24.9 Å². The molecule has 4 bridgehead atoms. The van der Waals surface area contributed by atoms with E-state index in [1.54, 1.807) is 12.4 Å². The van der Waals surface area contributed by atoms with Crippen LogP contribution in [0, 0.1) is 0 Å². The molecule has 21 heavy (non-hydrogen) atoms. The maximum atomic E-state index is 12.3. The van der Waals surface area contributed by atoms with Gasteiger partial charge in [0, 0.05) is 20.3 Å². The average Bonchev–Trinajstić information content (AvgIpc) is 3.15. The average molecular weight is 280 g/mol. The van der Waals surface area contributed by atoms with Gasteiger partial charge in [-0.3, -0.25) is 9.78 Å². The van der Waals surface area contributed by atoms with E-state index in [4.69, 9.17) is 0 Å². The van der Waals surface area contributed by atoms with E-state index in [1.165, 1.54) is 6.20 Å². The third-order valence-corrected chi connectivity index (χ3v) is 3.51. The molecule has 7 nitrogen and oxygen atoms in total. The first-order valence-electron chi connectivity index (χ1n) is 6.47. The van der Waals surface area contributed by atoms with Crippen LogP contribution in [0.15, 0.2) is 29.5 Å². The molecule has 0 amide bonds. The zero-order chi connectivity index (χ0) is 14.6. The van der Waals surface area contributed by atoms with Crippen molar-refractivity contribution in [2.24, 2.45) is 0 Å². The van der Waals surface area contributed by atoms with Crippen molar-refractivity contribution < 1.29 is 0 Å². The minimum atomic E-state index is -0.160. The number of H-pyrrole nitrogens is 2. The Hall–Kier alpha value is -2.96. The molecule has 0 saturated carbocycles. The summed E-state index contributed by atoms with van der Waals surface area (Å²) in [6.45, 7) is 0. The van der Waals surface area contributed by atoms with Crippen LogP contribution in [0.5, 0.6) is 0 Å². The normalized spacial score (nSPS) is 11.5. The van der Waals surface area contributed by atoms with Crippen LogP contribution in [-0.4, -0.2) is 39.0 Å². The van der Waals surface area contributed by atoms with Gasteiger partial charge in [0.25, 0.3) is 0 Å². The summed E-state index contributed by atoms with van der Waals surface area (Å²) in [7, 11) is 3.90. The summed E-state index contributed by atoms with van der Waals surface area (Å²) in [6, 6.07) is 1.91. The van der Waals surface area contributed by atoms with Crippen molar-refractivity contribution in [2.75, 3.05) is 19.0 Å². The van der Waals surface area contributed by atoms with Crippen LogP contribution in [0.3, 0.4) is 0 Å². The highest BCUT2D eigenvalue weighted by Gasteiger charge is 2.12. The fourth-order valence-corrected chi connectivity index (χ4v) is 2.50. The summed E-state index contributed by atoms with van der Waals surface area (Å²) in [5, 5.41) is 0.823. The molecule has 0 unspecified atom stereocenters. The third kappa shape index (κ3) is 1.60. The molecule has 0 fully saturated rings. The van der Waals surface area contributed by atoms with E-state index < -0.39 is 0 Å². The summed E-state index contributed by atoms with van der Waals surface area (Å²) in [6.07, 6.45) is 4.79. The van der Waals surface area contributed by atoms with Crippen molar-refractivity contribution in [1.29, 1.82) is 0 Å². The van der Waals surface area contributed by atoms with Crippen molar-refractivity contribution in [3.63, 3.8) is 0 Å². The molecule has 0 spiro atoms. The van der Waals surface area contributed by atoms with Crippen LogP contribution in [0.2, 0.25) is 0 Å². The molecule has 0 aliphatic rings. The lowest BCUT2D eigenvalue weighted by Gasteiger charge is -2.13. The van der Waals surface area contributed by atoms with Crippen LogP contribution in [0.4, 0.5) is 5.69 Å². The van der Waals surface area contributed by atoms with Gasteiger partial charge in [-0.1, -0.05) is 0 Å². The number of nitrogens with one attached hydrogen (secondary N) is 2. The summed E-state index contributed by atoms with van der Waals surface area (Å²) >= 11 is 0. The maximum absolute atomic E-state index is 12.3. The lowest BCUT2D eigenvalue weighted by Crippen LogP contribution is -2.09. The molecular formula is C14H12N6O. The fraction of sp³-hybridized carbons (Fsp3) is 0.143. The smallest absolute Gasteiger partial charge is 0.228 e. The van der Waals surface area contributed by atoms with Crippen LogP contribution >= 0.6 is 0 Å². The number of rotatable bonds is 1. The Kier molecular flexibility index (Phi) is 2.26. The second-order valence-corrected chi connectivity index (χ2v) is 5.07. The van der Waals surface area contributed by atoms with Crippen molar-refractivity contribution in [3.05, 3.63) is 34.9 Å². The van der Waals surface area contributed by atoms with Crippen molar-refractivity contribution in [1.82, 2.24) is 24.9 Å². The highest BCUT2D eigenvalue weighted by Crippen LogP contribution is 2.27. The van der Waals surface area contributed by atoms with Gasteiger partial charge in [0.05, 0.1) is 23.5 Å². The van der Waals surface area contributed by atoms with Crippen molar-refractivity contribution in [3.8, 4) is 0 Å². The lowest BCUT2D eigenvalue weighted by atomic mass is 10.2. The Morgan fingerprint density at radius 1 is 1.00 bits per heavy atom. The van der Waals surface area contributed by atoms with E-state index in [0.717, 1.165) is 11.1 Å². The first-order valence-corrected chi connectivity index (χ1v) is 6.47. The molecule has 2 N–H and O–H groups in total. The molecule has 4 rings (SSSR count). The Morgan fingerprint density at radius 3 is 2.38 bits per heavy atom.